The van der Waals surface area contributed by atoms with E-state index in [0.717, 1.165) is 22.6 Å². The Morgan fingerprint density at radius 1 is 1.06 bits per heavy atom. The molecule has 7 nitrogen and oxygen atoms in total. The number of allylic oxidation sites excluding steroid dienone is 1. The summed E-state index contributed by atoms with van der Waals surface area (Å²) in [6.45, 7) is 4.09. The minimum Gasteiger partial charge on any atom is -0.465 e. The van der Waals surface area contributed by atoms with E-state index in [1.807, 2.05) is 73.0 Å². The number of amides is 1. The molecule has 4 aromatic rings. The molecule has 0 saturated carbocycles. The fourth-order valence-electron chi connectivity index (χ4n) is 3.02. The molecule has 33 heavy (non-hydrogen) atoms. The highest BCUT2D eigenvalue weighted by molar-refractivity contribution is 7.99. The van der Waals surface area contributed by atoms with Gasteiger partial charge in [0.05, 0.1) is 12.0 Å². The van der Waals surface area contributed by atoms with Gasteiger partial charge < -0.3 is 4.42 Å². The van der Waals surface area contributed by atoms with Crippen molar-refractivity contribution in [3.8, 4) is 17.1 Å². The summed E-state index contributed by atoms with van der Waals surface area (Å²) < 4.78 is 7.16. The second-order valence-electron chi connectivity index (χ2n) is 7.32. The van der Waals surface area contributed by atoms with Gasteiger partial charge in [0.2, 0.25) is 0 Å². The maximum absolute atomic E-state index is 12.3. The molecule has 2 aromatic heterocycles. The number of aryl methyl sites for hydroxylation is 2. The molecular weight excluding hydrogens is 434 g/mol. The Bertz CT molecular complexity index is 1260. The van der Waals surface area contributed by atoms with Crippen LogP contribution in [-0.4, -0.2) is 32.6 Å². The molecule has 166 valence electrons. The lowest BCUT2D eigenvalue weighted by Gasteiger charge is -2.11. The van der Waals surface area contributed by atoms with Crippen molar-refractivity contribution in [2.24, 2.45) is 5.10 Å². The van der Waals surface area contributed by atoms with Crippen LogP contribution in [0.1, 0.15) is 16.9 Å². The largest absolute Gasteiger partial charge is 0.465 e. The second kappa shape index (κ2) is 10.6. The van der Waals surface area contributed by atoms with Crippen LogP contribution in [0.4, 0.5) is 0 Å². The molecule has 0 bridgehead atoms. The number of thioether (sulfide) groups is 1. The van der Waals surface area contributed by atoms with Crippen LogP contribution in [0.5, 0.6) is 0 Å². The Morgan fingerprint density at radius 2 is 1.79 bits per heavy atom. The number of benzene rings is 2. The van der Waals surface area contributed by atoms with Crippen molar-refractivity contribution in [3.05, 3.63) is 89.9 Å². The molecule has 8 heteroatoms. The topological polar surface area (TPSA) is 85.3 Å². The average Bonchev–Trinajstić information content (AvgIpc) is 3.49. The molecule has 0 fully saturated rings. The van der Waals surface area contributed by atoms with Crippen LogP contribution in [0.15, 0.2) is 87.7 Å². The Morgan fingerprint density at radius 3 is 2.48 bits per heavy atom. The molecule has 2 heterocycles. The average molecular weight is 458 g/mol. The fourth-order valence-corrected chi connectivity index (χ4v) is 3.76. The lowest BCUT2D eigenvalue weighted by Crippen LogP contribution is -2.19. The summed E-state index contributed by atoms with van der Waals surface area (Å²) in [7, 11) is 0. The molecule has 0 aliphatic rings. The van der Waals surface area contributed by atoms with E-state index in [4.69, 9.17) is 4.42 Å². The van der Waals surface area contributed by atoms with Gasteiger partial charge in [-0.05, 0) is 50.3 Å². The number of hydrazone groups is 1. The lowest BCUT2D eigenvalue weighted by molar-refractivity contribution is -0.118. The number of hydrogen-bond donors (Lipinski definition) is 1. The summed E-state index contributed by atoms with van der Waals surface area (Å²) >= 11 is 1.31. The monoisotopic (exact) mass is 457 g/mol. The van der Waals surface area contributed by atoms with Gasteiger partial charge in [0.15, 0.2) is 11.0 Å². The summed E-state index contributed by atoms with van der Waals surface area (Å²) in [6, 6.07) is 19.9. The highest BCUT2D eigenvalue weighted by Crippen LogP contribution is 2.28. The molecule has 0 aliphatic heterocycles. The summed E-state index contributed by atoms with van der Waals surface area (Å²) in [6.07, 6.45) is 6.53. The van der Waals surface area contributed by atoms with Crippen molar-refractivity contribution in [2.45, 2.75) is 19.0 Å². The Hall–Kier alpha value is -3.91. The van der Waals surface area contributed by atoms with Gasteiger partial charge in [-0.3, -0.25) is 9.36 Å². The highest BCUT2D eigenvalue weighted by atomic mass is 32.2. The van der Waals surface area contributed by atoms with Crippen LogP contribution in [0.3, 0.4) is 0 Å². The van der Waals surface area contributed by atoms with Crippen LogP contribution in [0.25, 0.3) is 23.2 Å². The summed E-state index contributed by atoms with van der Waals surface area (Å²) in [4.78, 5) is 12.3. The van der Waals surface area contributed by atoms with Crippen LogP contribution < -0.4 is 5.43 Å². The van der Waals surface area contributed by atoms with E-state index in [0.29, 0.717) is 10.9 Å². The van der Waals surface area contributed by atoms with Gasteiger partial charge in [0.1, 0.15) is 5.76 Å². The van der Waals surface area contributed by atoms with E-state index < -0.39 is 0 Å². The van der Waals surface area contributed by atoms with E-state index in [1.54, 1.807) is 24.5 Å². The number of nitrogens with zero attached hydrogens (tertiary/aromatic N) is 4. The van der Waals surface area contributed by atoms with Gasteiger partial charge in [-0.1, -0.05) is 59.3 Å². The van der Waals surface area contributed by atoms with Crippen LogP contribution >= 0.6 is 11.8 Å². The minimum atomic E-state index is -0.238. The molecule has 1 N–H and O–H groups in total. The number of furan rings is 1. The Balaban J connectivity index is 1.47. The molecule has 0 saturated heterocycles. The molecule has 1 amide bonds. The van der Waals surface area contributed by atoms with Crippen molar-refractivity contribution in [1.29, 1.82) is 0 Å². The summed E-state index contributed by atoms with van der Waals surface area (Å²) in [5.41, 5.74) is 6.74. The molecule has 2 aromatic carbocycles. The van der Waals surface area contributed by atoms with Gasteiger partial charge >= 0.3 is 0 Å². The van der Waals surface area contributed by atoms with Crippen molar-refractivity contribution in [2.75, 3.05) is 5.75 Å². The predicted octanol–water partition coefficient (Wildman–Crippen LogP) is 5.05. The normalized spacial score (nSPS) is 11.5. The summed E-state index contributed by atoms with van der Waals surface area (Å²) in [5, 5.41) is 13.3. The smallest absolute Gasteiger partial charge is 0.250 e. The first-order chi connectivity index (χ1) is 16.1. The number of nitrogens with one attached hydrogen (secondary N) is 1. The first-order valence-corrected chi connectivity index (χ1v) is 11.3. The maximum atomic E-state index is 12.3. The van der Waals surface area contributed by atoms with Gasteiger partial charge in [-0.2, -0.15) is 5.10 Å². The summed E-state index contributed by atoms with van der Waals surface area (Å²) in [5.74, 6) is 1.35. The first kappa shape index (κ1) is 22.3. The molecule has 0 unspecified atom stereocenters. The van der Waals surface area contributed by atoms with Crippen molar-refractivity contribution in [3.63, 3.8) is 0 Å². The number of aromatic nitrogens is 3. The number of rotatable bonds is 8. The lowest BCUT2D eigenvalue weighted by atomic mass is 10.1. The van der Waals surface area contributed by atoms with E-state index in [1.165, 1.54) is 23.5 Å². The quantitative estimate of drug-likeness (QED) is 0.227. The molecule has 4 rings (SSSR count). The molecule has 0 aliphatic carbocycles. The second-order valence-corrected chi connectivity index (χ2v) is 8.26. The van der Waals surface area contributed by atoms with Crippen LogP contribution in [-0.2, 0) is 4.79 Å². The van der Waals surface area contributed by atoms with Gasteiger partial charge in [0.25, 0.3) is 5.91 Å². The Labute approximate surface area is 196 Å². The third-order valence-corrected chi connectivity index (χ3v) is 5.65. The first-order valence-electron chi connectivity index (χ1n) is 10.3. The number of carbonyl (C=O) groups excluding carboxylic acids is 1. The zero-order valence-electron chi connectivity index (χ0n) is 18.3. The fraction of sp³-hybridized carbons (Fsp3) is 0.120. The molecule has 0 radical (unpaired) electrons. The zero-order valence-corrected chi connectivity index (χ0v) is 19.1. The predicted molar refractivity (Wildman–Crippen MR) is 131 cm³/mol. The zero-order chi connectivity index (χ0) is 23.0. The molecule has 0 atom stereocenters. The van der Waals surface area contributed by atoms with Crippen LogP contribution in [0, 0.1) is 13.8 Å². The standard InChI is InChI=1S/C25H23N5O2S/c1-18-7-11-20(12-8-18)24-28-29-25(30(24)21-13-9-19(2)10-14-21)33-17-23(31)27-26-15-3-5-22-6-4-16-32-22/h3-16H,17H2,1-2H3,(H,27,31)/b5-3-,26-15+. The number of carbonyl (C=O) groups is 1. The van der Waals surface area contributed by atoms with E-state index in [-0.39, 0.29) is 11.7 Å². The van der Waals surface area contributed by atoms with E-state index >= 15 is 0 Å². The third kappa shape index (κ3) is 5.87. The maximum Gasteiger partial charge on any atom is 0.250 e. The highest BCUT2D eigenvalue weighted by Gasteiger charge is 2.17. The van der Waals surface area contributed by atoms with Crippen molar-refractivity contribution in [1.82, 2.24) is 20.2 Å². The molecular formula is C25H23N5O2S. The third-order valence-electron chi connectivity index (χ3n) is 4.72. The molecule has 0 spiro atoms. The van der Waals surface area contributed by atoms with Gasteiger partial charge in [0, 0.05) is 17.5 Å². The van der Waals surface area contributed by atoms with Crippen LogP contribution in [0.2, 0.25) is 0 Å². The van der Waals surface area contributed by atoms with Crippen molar-refractivity contribution >= 4 is 30.0 Å². The minimum absolute atomic E-state index is 0.150. The number of hydrogen-bond acceptors (Lipinski definition) is 6. The SMILES string of the molecule is Cc1ccc(-c2nnc(SCC(=O)N/N=C/C=C\c3ccco3)n2-c2ccc(C)cc2)cc1. The van der Waals surface area contributed by atoms with E-state index in [2.05, 4.69) is 20.7 Å². The Kier molecular flexibility index (Phi) is 7.16. The van der Waals surface area contributed by atoms with Gasteiger partial charge in [-0.15, -0.1) is 10.2 Å². The van der Waals surface area contributed by atoms with Gasteiger partial charge in [-0.25, -0.2) is 5.43 Å². The van der Waals surface area contributed by atoms with E-state index in [9.17, 15) is 4.79 Å². The van der Waals surface area contributed by atoms with Crippen molar-refractivity contribution < 1.29 is 9.21 Å².